The van der Waals surface area contributed by atoms with Crippen LogP contribution in [0.4, 0.5) is 10.8 Å². The first-order valence-corrected chi connectivity index (χ1v) is 13.7. The van der Waals surface area contributed by atoms with E-state index in [1.807, 2.05) is 0 Å². The molecular formula is C24H20Cl2N4O4S2. The number of nitrogens with zero attached hydrogens (tertiary/aromatic N) is 3. The summed E-state index contributed by atoms with van der Waals surface area (Å²) in [4.78, 5) is 13.0. The molecule has 0 saturated heterocycles. The van der Waals surface area contributed by atoms with Gasteiger partial charge in [-0.3, -0.25) is 14.4 Å². The summed E-state index contributed by atoms with van der Waals surface area (Å²) in [5, 5.41) is 12.5. The second-order valence-corrected chi connectivity index (χ2v) is 11.0. The van der Waals surface area contributed by atoms with Crippen molar-refractivity contribution in [1.29, 1.82) is 0 Å². The minimum atomic E-state index is -4.15. The number of para-hydroxylation sites is 2. The molecule has 0 atom stereocenters. The van der Waals surface area contributed by atoms with Crippen molar-refractivity contribution in [3.05, 3.63) is 82.8 Å². The summed E-state index contributed by atoms with van der Waals surface area (Å²) in [6, 6.07) is 19.4. The fraction of sp³-hybridized carbons (Fsp3) is 0.125. The largest absolute Gasteiger partial charge is 0.492 e. The quantitative estimate of drug-likeness (QED) is 0.279. The highest BCUT2D eigenvalue weighted by Crippen LogP contribution is 2.33. The number of amides is 1. The first kappa shape index (κ1) is 25.9. The van der Waals surface area contributed by atoms with Gasteiger partial charge in [-0.15, -0.1) is 10.2 Å². The number of sulfonamides is 1. The monoisotopic (exact) mass is 562 g/mol. The van der Waals surface area contributed by atoms with Crippen molar-refractivity contribution >= 4 is 61.3 Å². The maximum absolute atomic E-state index is 13.6. The lowest BCUT2D eigenvalue weighted by Gasteiger charge is -2.25. The Kier molecular flexibility index (Phi) is 8.10. The highest BCUT2D eigenvalue weighted by molar-refractivity contribution is 7.92. The number of ether oxygens (including phenoxy) is 1. The lowest BCUT2D eigenvalue weighted by molar-refractivity contribution is -0.114. The van der Waals surface area contributed by atoms with E-state index in [1.54, 1.807) is 55.5 Å². The summed E-state index contributed by atoms with van der Waals surface area (Å²) in [7, 11) is -4.15. The van der Waals surface area contributed by atoms with Gasteiger partial charge in [0, 0.05) is 15.6 Å². The zero-order valence-corrected chi connectivity index (χ0v) is 22.0. The molecule has 0 saturated carbocycles. The van der Waals surface area contributed by atoms with E-state index in [2.05, 4.69) is 15.5 Å². The van der Waals surface area contributed by atoms with Crippen LogP contribution >= 0.6 is 34.5 Å². The Labute approximate surface area is 222 Å². The second kappa shape index (κ2) is 11.3. The van der Waals surface area contributed by atoms with Crippen LogP contribution in [0.1, 0.15) is 6.92 Å². The Morgan fingerprint density at radius 2 is 1.61 bits per heavy atom. The van der Waals surface area contributed by atoms with E-state index in [-0.39, 0.29) is 15.7 Å². The van der Waals surface area contributed by atoms with E-state index in [0.717, 1.165) is 21.2 Å². The molecule has 0 aliphatic carbocycles. The Balaban J connectivity index is 1.63. The van der Waals surface area contributed by atoms with E-state index >= 15 is 0 Å². The van der Waals surface area contributed by atoms with Gasteiger partial charge in [-0.05, 0) is 55.5 Å². The standard InChI is InChI=1S/C24H20Cl2N4O4S2/c1-2-34-21-6-4-3-5-20(21)30(36(32,33)19-13-11-18(26)12-14-19)15-22(31)27-24-29-28-23(35-24)16-7-9-17(25)10-8-16/h3-14H,2,15H2,1H3,(H,27,29,31). The average Bonchev–Trinajstić information content (AvgIpc) is 3.32. The predicted octanol–water partition coefficient (Wildman–Crippen LogP) is 5.74. The molecule has 36 heavy (non-hydrogen) atoms. The molecule has 1 N–H and O–H groups in total. The van der Waals surface area contributed by atoms with Crippen LogP contribution in [-0.4, -0.2) is 37.7 Å². The fourth-order valence-electron chi connectivity index (χ4n) is 3.25. The summed E-state index contributed by atoms with van der Waals surface area (Å²) in [6.45, 7) is 1.58. The lowest BCUT2D eigenvalue weighted by Crippen LogP contribution is -2.38. The summed E-state index contributed by atoms with van der Waals surface area (Å²) in [6.07, 6.45) is 0. The van der Waals surface area contributed by atoms with Crippen molar-refractivity contribution in [3.8, 4) is 16.3 Å². The number of carbonyl (C=O) groups excluding carboxylic acids is 1. The molecule has 0 unspecified atom stereocenters. The smallest absolute Gasteiger partial charge is 0.264 e. The van der Waals surface area contributed by atoms with Crippen molar-refractivity contribution < 1.29 is 17.9 Å². The number of hydrogen-bond acceptors (Lipinski definition) is 7. The van der Waals surface area contributed by atoms with Gasteiger partial charge in [-0.25, -0.2) is 8.42 Å². The summed E-state index contributed by atoms with van der Waals surface area (Å²) in [5.41, 5.74) is 1.01. The van der Waals surface area contributed by atoms with Crippen LogP contribution in [0.5, 0.6) is 5.75 Å². The van der Waals surface area contributed by atoms with Crippen LogP contribution in [0.15, 0.2) is 77.7 Å². The van der Waals surface area contributed by atoms with Crippen LogP contribution in [0.25, 0.3) is 10.6 Å². The van der Waals surface area contributed by atoms with E-state index in [0.29, 0.717) is 27.4 Å². The highest BCUT2D eigenvalue weighted by atomic mass is 35.5. The summed E-state index contributed by atoms with van der Waals surface area (Å²) in [5.74, 6) is -0.274. The van der Waals surface area contributed by atoms with Gasteiger partial charge in [-0.1, -0.05) is 58.8 Å². The van der Waals surface area contributed by atoms with Crippen molar-refractivity contribution in [1.82, 2.24) is 10.2 Å². The lowest BCUT2D eigenvalue weighted by atomic mass is 10.2. The fourth-order valence-corrected chi connectivity index (χ4v) is 5.69. The van der Waals surface area contributed by atoms with Crippen LogP contribution in [0.3, 0.4) is 0 Å². The van der Waals surface area contributed by atoms with Crippen LogP contribution in [0, 0.1) is 0 Å². The van der Waals surface area contributed by atoms with Crippen LogP contribution in [0.2, 0.25) is 10.0 Å². The summed E-state index contributed by atoms with van der Waals surface area (Å²) >= 11 is 13.0. The van der Waals surface area contributed by atoms with Gasteiger partial charge in [0.1, 0.15) is 17.3 Å². The third-order valence-corrected chi connectivity index (χ3v) is 8.05. The highest BCUT2D eigenvalue weighted by Gasteiger charge is 2.29. The Bertz CT molecular complexity index is 1460. The molecule has 0 radical (unpaired) electrons. The number of anilines is 2. The topological polar surface area (TPSA) is 101 Å². The number of carbonyl (C=O) groups is 1. The molecule has 12 heteroatoms. The van der Waals surface area contributed by atoms with Crippen molar-refractivity contribution in [3.63, 3.8) is 0 Å². The van der Waals surface area contributed by atoms with Crippen molar-refractivity contribution in [2.45, 2.75) is 11.8 Å². The number of halogens is 2. The molecule has 8 nitrogen and oxygen atoms in total. The molecule has 1 amide bonds. The third kappa shape index (κ3) is 5.96. The Morgan fingerprint density at radius 3 is 2.28 bits per heavy atom. The molecule has 3 aromatic carbocycles. The number of aromatic nitrogens is 2. The van der Waals surface area contributed by atoms with Crippen molar-refractivity contribution in [2.24, 2.45) is 0 Å². The van der Waals surface area contributed by atoms with Crippen molar-refractivity contribution in [2.75, 3.05) is 22.8 Å². The number of nitrogens with one attached hydrogen (secondary N) is 1. The molecule has 0 fully saturated rings. The molecule has 186 valence electrons. The molecule has 0 bridgehead atoms. The van der Waals surface area contributed by atoms with Gasteiger partial charge < -0.3 is 4.74 Å². The molecule has 4 rings (SSSR count). The number of benzene rings is 3. The van der Waals surface area contributed by atoms with Gasteiger partial charge in [0.15, 0.2) is 0 Å². The minimum absolute atomic E-state index is 0.0214. The van der Waals surface area contributed by atoms with Gasteiger partial charge in [0.25, 0.3) is 10.0 Å². The maximum Gasteiger partial charge on any atom is 0.264 e. The van der Waals surface area contributed by atoms with Gasteiger partial charge in [0.05, 0.1) is 17.2 Å². The molecule has 1 heterocycles. The van der Waals surface area contributed by atoms with E-state index in [9.17, 15) is 13.2 Å². The third-order valence-electron chi connectivity index (χ3n) is 4.89. The first-order valence-electron chi connectivity index (χ1n) is 10.7. The zero-order valence-electron chi connectivity index (χ0n) is 18.9. The van der Waals surface area contributed by atoms with Crippen LogP contribution in [-0.2, 0) is 14.8 Å². The number of rotatable bonds is 9. The number of hydrogen-bond donors (Lipinski definition) is 1. The van der Waals surface area contributed by atoms with E-state index in [1.165, 1.54) is 24.3 Å². The molecule has 4 aromatic rings. The second-order valence-electron chi connectivity index (χ2n) is 7.33. The Morgan fingerprint density at radius 1 is 0.972 bits per heavy atom. The normalized spacial score (nSPS) is 11.2. The first-order chi connectivity index (χ1) is 17.3. The van der Waals surface area contributed by atoms with E-state index in [4.69, 9.17) is 27.9 Å². The molecule has 0 aliphatic heterocycles. The average molecular weight is 563 g/mol. The van der Waals surface area contributed by atoms with Gasteiger partial charge in [-0.2, -0.15) is 0 Å². The van der Waals surface area contributed by atoms with Crippen LogP contribution < -0.4 is 14.4 Å². The molecular weight excluding hydrogens is 543 g/mol. The zero-order chi connectivity index (χ0) is 25.7. The maximum atomic E-state index is 13.6. The summed E-state index contributed by atoms with van der Waals surface area (Å²) < 4.78 is 33.9. The van der Waals surface area contributed by atoms with Gasteiger partial charge >= 0.3 is 0 Å². The molecule has 0 spiro atoms. The minimum Gasteiger partial charge on any atom is -0.492 e. The predicted molar refractivity (Wildman–Crippen MR) is 143 cm³/mol. The Hall–Kier alpha value is -3.18. The molecule has 0 aliphatic rings. The van der Waals surface area contributed by atoms with E-state index < -0.39 is 22.5 Å². The SMILES string of the molecule is CCOc1ccccc1N(CC(=O)Nc1nnc(-c2ccc(Cl)cc2)s1)S(=O)(=O)c1ccc(Cl)cc1. The molecule has 1 aromatic heterocycles. The van der Waals surface area contributed by atoms with Gasteiger partial charge in [0.2, 0.25) is 11.0 Å².